The number of carbonyl (C=O) groups excluding carboxylic acids is 1. The minimum Gasteiger partial charge on any atom is -0.488 e. The molecule has 0 saturated heterocycles. The number of ketones is 1. The summed E-state index contributed by atoms with van der Waals surface area (Å²) in [6.07, 6.45) is 5.22. The molecule has 0 atom stereocenters. The van der Waals surface area contributed by atoms with Gasteiger partial charge < -0.3 is 9.84 Å². The van der Waals surface area contributed by atoms with Crippen molar-refractivity contribution in [2.75, 3.05) is 0 Å². The van der Waals surface area contributed by atoms with Gasteiger partial charge in [-0.3, -0.25) is 9.59 Å². The average molecular weight is 332 g/mol. The van der Waals surface area contributed by atoms with E-state index < -0.39 is 5.97 Å². The number of carboxylic acids is 1. The SMILES string of the molecule is CC(C)(C)Oc1ccc(C(=O)CC2(CC(=O)O)CCCCC2)cc1. The molecule has 0 bridgehead atoms. The normalized spacial score (nSPS) is 17.3. The summed E-state index contributed by atoms with van der Waals surface area (Å²) < 4.78 is 5.77. The second-order valence-electron chi connectivity index (χ2n) is 7.97. The van der Waals surface area contributed by atoms with E-state index in [4.69, 9.17) is 4.74 Å². The van der Waals surface area contributed by atoms with Crippen molar-refractivity contribution in [1.29, 1.82) is 0 Å². The van der Waals surface area contributed by atoms with Gasteiger partial charge in [0.25, 0.3) is 0 Å². The van der Waals surface area contributed by atoms with Crippen LogP contribution in [0.4, 0.5) is 0 Å². The van der Waals surface area contributed by atoms with Crippen molar-refractivity contribution in [3.05, 3.63) is 29.8 Å². The lowest BCUT2D eigenvalue weighted by atomic mass is 9.68. The zero-order valence-corrected chi connectivity index (χ0v) is 14.9. The van der Waals surface area contributed by atoms with Gasteiger partial charge in [-0.25, -0.2) is 0 Å². The largest absolute Gasteiger partial charge is 0.488 e. The summed E-state index contributed by atoms with van der Waals surface area (Å²) in [6.45, 7) is 5.93. The maximum atomic E-state index is 12.7. The van der Waals surface area contributed by atoms with E-state index in [0.29, 0.717) is 12.0 Å². The highest BCUT2D eigenvalue weighted by Crippen LogP contribution is 2.43. The zero-order valence-electron chi connectivity index (χ0n) is 14.9. The van der Waals surface area contributed by atoms with Crippen LogP contribution in [0.2, 0.25) is 0 Å². The number of carboxylic acid groups (broad SMARTS) is 1. The first-order valence-electron chi connectivity index (χ1n) is 8.73. The van der Waals surface area contributed by atoms with Crippen molar-refractivity contribution < 1.29 is 19.4 Å². The van der Waals surface area contributed by atoms with Crippen molar-refractivity contribution in [2.24, 2.45) is 5.41 Å². The number of benzene rings is 1. The highest BCUT2D eigenvalue weighted by Gasteiger charge is 2.36. The predicted molar refractivity (Wildman–Crippen MR) is 93.5 cm³/mol. The Morgan fingerprint density at radius 2 is 1.62 bits per heavy atom. The summed E-state index contributed by atoms with van der Waals surface area (Å²) in [6, 6.07) is 7.17. The summed E-state index contributed by atoms with van der Waals surface area (Å²) in [5.74, 6) is -0.0453. The van der Waals surface area contributed by atoms with Crippen LogP contribution in [0.3, 0.4) is 0 Å². The Kier molecular flexibility index (Phi) is 5.68. The standard InChI is InChI=1S/C20H28O4/c1-19(2,3)24-16-9-7-15(8-10-16)17(21)13-20(14-18(22)23)11-5-4-6-12-20/h7-10H,4-6,11-14H2,1-3H3,(H,22,23). The average Bonchev–Trinajstić information content (AvgIpc) is 2.46. The van der Waals surface area contributed by atoms with Gasteiger partial charge in [0.15, 0.2) is 5.78 Å². The van der Waals surface area contributed by atoms with Crippen LogP contribution in [-0.2, 0) is 4.79 Å². The van der Waals surface area contributed by atoms with Crippen LogP contribution in [0.25, 0.3) is 0 Å². The Labute approximate surface area is 144 Å². The van der Waals surface area contributed by atoms with Crippen LogP contribution in [0, 0.1) is 5.41 Å². The van der Waals surface area contributed by atoms with E-state index in [1.54, 1.807) is 12.1 Å². The smallest absolute Gasteiger partial charge is 0.303 e. The minimum absolute atomic E-state index is 0.0282. The quantitative estimate of drug-likeness (QED) is 0.755. The molecule has 1 fully saturated rings. The molecule has 0 aromatic heterocycles. The van der Waals surface area contributed by atoms with Crippen molar-refractivity contribution >= 4 is 11.8 Å². The Bertz CT molecular complexity index is 575. The molecular weight excluding hydrogens is 304 g/mol. The van der Waals surface area contributed by atoms with Gasteiger partial charge in [0.05, 0.1) is 6.42 Å². The molecule has 4 nitrogen and oxygen atoms in total. The number of hydrogen-bond acceptors (Lipinski definition) is 3. The molecule has 1 N–H and O–H groups in total. The summed E-state index contributed by atoms with van der Waals surface area (Å²) in [7, 11) is 0. The van der Waals surface area contributed by atoms with Gasteiger partial charge in [-0.1, -0.05) is 19.3 Å². The van der Waals surface area contributed by atoms with Gasteiger partial charge in [0, 0.05) is 12.0 Å². The fourth-order valence-corrected chi connectivity index (χ4v) is 3.54. The molecule has 0 aliphatic heterocycles. The molecule has 2 rings (SSSR count). The van der Waals surface area contributed by atoms with Gasteiger partial charge in [0.2, 0.25) is 0 Å². The molecule has 0 spiro atoms. The predicted octanol–water partition coefficient (Wildman–Crippen LogP) is 4.86. The van der Waals surface area contributed by atoms with Gasteiger partial charge in [-0.2, -0.15) is 0 Å². The molecule has 0 amide bonds. The van der Waals surface area contributed by atoms with E-state index >= 15 is 0 Å². The lowest BCUT2D eigenvalue weighted by Crippen LogP contribution is -2.30. The van der Waals surface area contributed by atoms with Crippen LogP contribution >= 0.6 is 0 Å². The van der Waals surface area contributed by atoms with Gasteiger partial charge >= 0.3 is 5.97 Å². The number of carbonyl (C=O) groups is 2. The molecule has 0 heterocycles. The summed E-state index contributed by atoms with van der Waals surface area (Å²) in [5.41, 5.74) is -0.0208. The van der Waals surface area contributed by atoms with E-state index in [0.717, 1.165) is 37.9 Å². The molecule has 1 aromatic carbocycles. The Balaban J connectivity index is 2.08. The fraction of sp³-hybridized carbons (Fsp3) is 0.600. The molecule has 132 valence electrons. The van der Waals surface area contributed by atoms with Gasteiger partial charge in [0.1, 0.15) is 11.4 Å². The summed E-state index contributed by atoms with van der Waals surface area (Å²) in [5, 5.41) is 9.23. The molecule has 0 radical (unpaired) electrons. The maximum absolute atomic E-state index is 12.7. The van der Waals surface area contributed by atoms with E-state index in [1.807, 2.05) is 32.9 Å². The number of aliphatic carboxylic acids is 1. The van der Waals surface area contributed by atoms with Crippen LogP contribution in [-0.4, -0.2) is 22.5 Å². The number of ether oxygens (including phenoxy) is 1. The minimum atomic E-state index is -0.807. The summed E-state index contributed by atoms with van der Waals surface area (Å²) >= 11 is 0. The molecule has 1 aliphatic rings. The van der Waals surface area contributed by atoms with E-state index in [2.05, 4.69) is 0 Å². The van der Waals surface area contributed by atoms with Crippen molar-refractivity contribution in [3.63, 3.8) is 0 Å². The van der Waals surface area contributed by atoms with Crippen LogP contribution in [0.1, 0.15) is 76.1 Å². The highest BCUT2D eigenvalue weighted by atomic mass is 16.5. The number of hydrogen-bond donors (Lipinski definition) is 1. The van der Waals surface area contributed by atoms with Crippen LogP contribution in [0.5, 0.6) is 5.75 Å². The molecule has 1 aliphatic carbocycles. The van der Waals surface area contributed by atoms with E-state index in [-0.39, 0.29) is 23.2 Å². The maximum Gasteiger partial charge on any atom is 0.303 e. The molecule has 4 heteroatoms. The third-order valence-corrected chi connectivity index (χ3v) is 4.58. The number of rotatable bonds is 6. The van der Waals surface area contributed by atoms with Gasteiger partial charge in [-0.15, -0.1) is 0 Å². The lowest BCUT2D eigenvalue weighted by Gasteiger charge is -2.35. The second-order valence-corrected chi connectivity index (χ2v) is 7.97. The zero-order chi connectivity index (χ0) is 17.8. The first-order valence-corrected chi connectivity index (χ1v) is 8.73. The first kappa shape index (κ1) is 18.5. The number of Topliss-reactive ketones (excluding diaryl/α,β-unsaturated/α-hetero) is 1. The molecular formula is C20H28O4. The second kappa shape index (κ2) is 7.37. The van der Waals surface area contributed by atoms with Crippen molar-refractivity contribution in [3.8, 4) is 5.75 Å². The fourth-order valence-electron chi connectivity index (χ4n) is 3.54. The third-order valence-electron chi connectivity index (χ3n) is 4.58. The molecule has 1 aromatic rings. The van der Waals surface area contributed by atoms with E-state index in [9.17, 15) is 14.7 Å². The Hall–Kier alpha value is -1.84. The topological polar surface area (TPSA) is 63.6 Å². The molecule has 24 heavy (non-hydrogen) atoms. The summed E-state index contributed by atoms with van der Waals surface area (Å²) in [4.78, 5) is 23.9. The Morgan fingerprint density at radius 1 is 1.04 bits per heavy atom. The lowest BCUT2D eigenvalue weighted by molar-refractivity contribution is -0.140. The van der Waals surface area contributed by atoms with Crippen LogP contribution in [0.15, 0.2) is 24.3 Å². The van der Waals surface area contributed by atoms with Crippen LogP contribution < -0.4 is 4.74 Å². The molecule has 1 saturated carbocycles. The highest BCUT2D eigenvalue weighted by molar-refractivity contribution is 5.96. The third kappa shape index (κ3) is 5.36. The molecule has 0 unspecified atom stereocenters. The Morgan fingerprint density at radius 3 is 2.12 bits per heavy atom. The first-order chi connectivity index (χ1) is 11.2. The van der Waals surface area contributed by atoms with Crippen molar-refractivity contribution in [1.82, 2.24) is 0 Å². The monoisotopic (exact) mass is 332 g/mol. The van der Waals surface area contributed by atoms with Crippen molar-refractivity contribution in [2.45, 2.75) is 71.3 Å². The van der Waals surface area contributed by atoms with Gasteiger partial charge in [-0.05, 0) is 63.3 Å². The van der Waals surface area contributed by atoms with E-state index in [1.165, 1.54) is 0 Å².